The Bertz CT molecular complexity index is 1770. The summed E-state index contributed by atoms with van der Waals surface area (Å²) in [5.41, 5.74) is 2.27. The summed E-state index contributed by atoms with van der Waals surface area (Å²) in [4.78, 5) is 30.2. The average molecular weight is 658 g/mol. The monoisotopic (exact) mass is 657 g/mol. The molecule has 0 aliphatic carbocycles. The Hall–Kier alpha value is -4.83. The Kier molecular flexibility index (Phi) is 11.3. The van der Waals surface area contributed by atoms with E-state index < -0.39 is 34.1 Å². The number of amides is 2. The van der Waals surface area contributed by atoms with E-state index in [4.69, 9.17) is 9.47 Å². The number of nitrogens with one attached hydrogen (secondary N) is 1. The smallest absolute Gasteiger partial charge is 0.264 e. The molecule has 9 nitrogen and oxygen atoms in total. The highest BCUT2D eigenvalue weighted by Gasteiger charge is 2.36. The van der Waals surface area contributed by atoms with Crippen molar-refractivity contribution in [3.05, 3.63) is 120 Å². The molecule has 0 aliphatic heterocycles. The molecule has 0 bridgehead atoms. The number of nitrogens with zero attached hydrogens (tertiary/aromatic N) is 2. The first kappa shape index (κ1) is 35.0. The Balaban J connectivity index is 1.85. The molecule has 0 saturated carbocycles. The minimum atomic E-state index is -4.30. The van der Waals surface area contributed by atoms with Crippen LogP contribution in [0.15, 0.2) is 108 Å². The van der Waals surface area contributed by atoms with Gasteiger partial charge in [-0.2, -0.15) is 0 Å². The van der Waals surface area contributed by atoms with E-state index in [-0.39, 0.29) is 35.2 Å². The average Bonchev–Trinajstić information content (AvgIpc) is 3.04. The highest BCUT2D eigenvalue weighted by atomic mass is 32.2. The lowest BCUT2D eigenvalue weighted by Gasteiger charge is -2.35. The van der Waals surface area contributed by atoms with Crippen molar-refractivity contribution in [3.63, 3.8) is 0 Å². The molecule has 0 saturated heterocycles. The molecule has 1 N–H and O–H groups in total. The van der Waals surface area contributed by atoms with Crippen molar-refractivity contribution >= 4 is 27.5 Å². The summed E-state index contributed by atoms with van der Waals surface area (Å²) in [5, 5.41) is 3.05. The largest absolute Gasteiger partial charge is 0.497 e. The van der Waals surface area contributed by atoms with E-state index in [2.05, 4.69) is 5.32 Å². The predicted molar refractivity (Wildman–Crippen MR) is 184 cm³/mol. The summed E-state index contributed by atoms with van der Waals surface area (Å²) in [6.45, 7) is 7.08. The van der Waals surface area contributed by atoms with E-state index in [9.17, 15) is 18.0 Å². The Morgan fingerprint density at radius 2 is 1.45 bits per heavy atom. The number of anilines is 1. The van der Waals surface area contributed by atoms with Gasteiger partial charge < -0.3 is 19.7 Å². The Morgan fingerprint density at radius 3 is 2.06 bits per heavy atom. The lowest BCUT2D eigenvalue weighted by Crippen LogP contribution is -2.56. The summed E-state index contributed by atoms with van der Waals surface area (Å²) >= 11 is 0. The number of hydrogen-bond acceptors (Lipinski definition) is 6. The Morgan fingerprint density at radius 1 is 0.809 bits per heavy atom. The second-order valence-electron chi connectivity index (χ2n) is 12.3. The normalized spacial score (nSPS) is 12.1. The van der Waals surface area contributed by atoms with Gasteiger partial charge in [0.2, 0.25) is 11.8 Å². The lowest BCUT2D eigenvalue weighted by atomic mass is 10.0. The van der Waals surface area contributed by atoms with E-state index >= 15 is 0 Å². The number of rotatable bonds is 13. The van der Waals surface area contributed by atoms with Gasteiger partial charge in [-0.25, -0.2) is 8.42 Å². The van der Waals surface area contributed by atoms with Gasteiger partial charge in [0.25, 0.3) is 10.0 Å². The van der Waals surface area contributed by atoms with E-state index in [1.165, 1.54) is 31.3 Å². The quantitative estimate of drug-likeness (QED) is 0.196. The van der Waals surface area contributed by atoms with Crippen LogP contribution in [0.4, 0.5) is 5.69 Å². The first-order valence-electron chi connectivity index (χ1n) is 15.3. The SMILES string of the molecule is COc1ccc(S(=O)(=O)N(CC(=O)N(Cc2cccc(C)c2)[C@@H](Cc2ccccc2)C(=O)NC(C)(C)C)c2ccccc2OC)cc1. The molecule has 4 aromatic rings. The van der Waals surface area contributed by atoms with Gasteiger partial charge in [-0.15, -0.1) is 0 Å². The van der Waals surface area contributed by atoms with Crippen molar-refractivity contribution in [2.24, 2.45) is 0 Å². The van der Waals surface area contributed by atoms with Crippen LogP contribution in [0.25, 0.3) is 0 Å². The van der Waals surface area contributed by atoms with Crippen LogP contribution >= 0.6 is 0 Å². The molecule has 4 rings (SSSR count). The van der Waals surface area contributed by atoms with Crippen molar-refractivity contribution in [2.45, 2.75) is 57.1 Å². The first-order chi connectivity index (χ1) is 22.3. The van der Waals surface area contributed by atoms with Gasteiger partial charge in [0.1, 0.15) is 24.1 Å². The van der Waals surface area contributed by atoms with Crippen LogP contribution in [-0.4, -0.2) is 57.5 Å². The van der Waals surface area contributed by atoms with Gasteiger partial charge in [0.05, 0.1) is 24.8 Å². The van der Waals surface area contributed by atoms with Crippen LogP contribution < -0.4 is 19.1 Å². The molecule has 248 valence electrons. The molecule has 4 aromatic carbocycles. The lowest BCUT2D eigenvalue weighted by molar-refractivity contribution is -0.140. The van der Waals surface area contributed by atoms with Gasteiger partial charge in [-0.05, 0) is 75.2 Å². The number of para-hydroxylation sites is 2. The summed E-state index contributed by atoms with van der Waals surface area (Å²) in [6.07, 6.45) is 0.222. The van der Waals surface area contributed by atoms with Crippen molar-refractivity contribution in [2.75, 3.05) is 25.1 Å². The molecule has 0 unspecified atom stereocenters. The van der Waals surface area contributed by atoms with Crippen molar-refractivity contribution in [3.8, 4) is 11.5 Å². The Labute approximate surface area is 278 Å². The van der Waals surface area contributed by atoms with E-state index in [0.29, 0.717) is 5.75 Å². The maximum absolute atomic E-state index is 14.7. The standard InChI is InChI=1S/C37H43N3O6S/c1-27-13-12-16-29(23-27)25-39(33(36(42)38-37(2,3)4)24-28-14-8-7-9-15-28)35(41)26-40(32-17-10-11-18-34(32)46-6)47(43,44)31-21-19-30(45-5)20-22-31/h7-23,33H,24-26H2,1-6H3,(H,38,42)/t33-/m0/s1. The number of methoxy groups -OCH3 is 2. The number of sulfonamides is 1. The van der Waals surface area contributed by atoms with Crippen LogP contribution in [0.2, 0.25) is 0 Å². The fourth-order valence-electron chi connectivity index (χ4n) is 5.24. The topological polar surface area (TPSA) is 105 Å². The number of carbonyl (C=O) groups is 2. The molecular formula is C37H43N3O6S. The third-order valence-corrected chi connectivity index (χ3v) is 9.26. The number of hydrogen-bond donors (Lipinski definition) is 1. The highest BCUT2D eigenvalue weighted by molar-refractivity contribution is 7.92. The zero-order valence-corrected chi connectivity index (χ0v) is 28.6. The van der Waals surface area contributed by atoms with E-state index in [1.807, 2.05) is 82.3 Å². The first-order valence-corrected chi connectivity index (χ1v) is 16.8. The minimum absolute atomic E-state index is 0.0337. The van der Waals surface area contributed by atoms with Gasteiger partial charge in [0, 0.05) is 18.5 Å². The summed E-state index contributed by atoms with van der Waals surface area (Å²) in [5.74, 6) is -0.139. The number of aryl methyl sites for hydroxylation is 1. The molecule has 0 heterocycles. The zero-order valence-electron chi connectivity index (χ0n) is 27.8. The molecule has 0 fully saturated rings. The minimum Gasteiger partial charge on any atom is -0.497 e. The molecule has 47 heavy (non-hydrogen) atoms. The van der Waals surface area contributed by atoms with Gasteiger partial charge in [-0.3, -0.25) is 13.9 Å². The molecule has 0 radical (unpaired) electrons. The fraction of sp³-hybridized carbons (Fsp3) is 0.297. The third-order valence-electron chi connectivity index (χ3n) is 7.48. The summed E-state index contributed by atoms with van der Waals surface area (Å²) in [6, 6.07) is 28.8. The number of benzene rings is 4. The van der Waals surface area contributed by atoms with Crippen molar-refractivity contribution in [1.82, 2.24) is 10.2 Å². The summed E-state index contributed by atoms with van der Waals surface area (Å²) in [7, 11) is -1.37. The van der Waals surface area contributed by atoms with Gasteiger partial charge in [-0.1, -0.05) is 72.3 Å². The zero-order chi connectivity index (χ0) is 34.2. The maximum Gasteiger partial charge on any atom is 0.264 e. The molecule has 0 aromatic heterocycles. The van der Waals surface area contributed by atoms with E-state index in [1.54, 1.807) is 36.4 Å². The summed E-state index contributed by atoms with van der Waals surface area (Å²) < 4.78 is 40.5. The van der Waals surface area contributed by atoms with Gasteiger partial charge >= 0.3 is 0 Å². The van der Waals surface area contributed by atoms with Crippen LogP contribution in [0.3, 0.4) is 0 Å². The molecule has 10 heteroatoms. The molecule has 2 amide bonds. The van der Waals surface area contributed by atoms with Crippen molar-refractivity contribution in [1.29, 1.82) is 0 Å². The predicted octanol–water partition coefficient (Wildman–Crippen LogP) is 5.76. The van der Waals surface area contributed by atoms with Crippen LogP contribution in [0.5, 0.6) is 11.5 Å². The van der Waals surface area contributed by atoms with Crippen molar-refractivity contribution < 1.29 is 27.5 Å². The van der Waals surface area contributed by atoms with Crippen LogP contribution in [0.1, 0.15) is 37.5 Å². The molecule has 1 atom stereocenters. The third kappa shape index (κ3) is 9.13. The van der Waals surface area contributed by atoms with E-state index in [0.717, 1.165) is 21.0 Å². The van der Waals surface area contributed by atoms with Gasteiger partial charge in [0.15, 0.2) is 0 Å². The van der Waals surface area contributed by atoms with Crippen LogP contribution in [0, 0.1) is 6.92 Å². The second kappa shape index (κ2) is 15.2. The number of carbonyl (C=O) groups excluding carboxylic acids is 2. The fourth-order valence-corrected chi connectivity index (χ4v) is 6.66. The number of ether oxygens (including phenoxy) is 2. The van der Waals surface area contributed by atoms with Crippen LogP contribution in [-0.2, 0) is 32.6 Å². The highest BCUT2D eigenvalue weighted by Crippen LogP contribution is 2.33. The maximum atomic E-state index is 14.7. The second-order valence-corrected chi connectivity index (χ2v) is 14.2. The molecular weight excluding hydrogens is 614 g/mol. The molecule has 0 aliphatic rings. The molecule has 0 spiro atoms.